The fourth-order valence-electron chi connectivity index (χ4n) is 4.11. The minimum atomic E-state index is 0.264. The largest absolute Gasteiger partial charge is 0.350 e. The van der Waals surface area contributed by atoms with Crippen molar-refractivity contribution in [2.24, 2.45) is 0 Å². The maximum absolute atomic E-state index is 11.3. The van der Waals surface area contributed by atoms with Crippen LogP contribution in [0.2, 0.25) is 0 Å². The average molecular weight is 412 g/mol. The van der Waals surface area contributed by atoms with Crippen LogP contribution in [0.1, 0.15) is 18.5 Å². The molecule has 0 radical (unpaired) electrons. The van der Waals surface area contributed by atoms with Crippen LogP contribution in [0.4, 0.5) is 5.95 Å². The summed E-state index contributed by atoms with van der Waals surface area (Å²) in [6.07, 6.45) is 6.87. The van der Waals surface area contributed by atoms with Gasteiger partial charge < -0.3 is 15.4 Å². The Morgan fingerprint density at radius 3 is 2.87 bits per heavy atom. The molecule has 7 heteroatoms. The molecular formula is C24H24N6O. The van der Waals surface area contributed by atoms with Crippen LogP contribution in [-0.2, 0) is 11.2 Å². The molecule has 0 saturated carbocycles. The van der Waals surface area contributed by atoms with E-state index in [9.17, 15) is 4.79 Å². The van der Waals surface area contributed by atoms with Gasteiger partial charge >= 0.3 is 0 Å². The normalized spacial score (nSPS) is 16.3. The second-order valence-corrected chi connectivity index (χ2v) is 7.77. The van der Waals surface area contributed by atoms with Crippen LogP contribution in [0, 0.1) is 0 Å². The molecular weight excluding hydrogens is 388 g/mol. The highest BCUT2D eigenvalue weighted by Gasteiger charge is 2.17. The third-order valence-electron chi connectivity index (χ3n) is 5.64. The molecule has 2 N–H and O–H groups in total. The van der Waals surface area contributed by atoms with Gasteiger partial charge in [-0.05, 0) is 42.3 Å². The summed E-state index contributed by atoms with van der Waals surface area (Å²) in [6, 6.07) is 16.7. The number of hydrogen-bond acceptors (Lipinski definition) is 6. The molecule has 0 unspecified atom stereocenters. The summed E-state index contributed by atoms with van der Waals surface area (Å²) in [7, 11) is 0. The fourth-order valence-corrected chi connectivity index (χ4v) is 4.11. The molecule has 7 nitrogen and oxygen atoms in total. The van der Waals surface area contributed by atoms with Crippen LogP contribution >= 0.6 is 0 Å². The summed E-state index contributed by atoms with van der Waals surface area (Å²) >= 11 is 0. The van der Waals surface area contributed by atoms with Crippen LogP contribution in [0.25, 0.3) is 28.0 Å². The number of carbonyl (C=O) groups is 1. The number of nitrogens with zero attached hydrogens (tertiary/aromatic N) is 4. The first-order valence-corrected chi connectivity index (χ1v) is 10.6. The number of aldehydes is 1. The molecule has 1 saturated heterocycles. The molecule has 0 aliphatic carbocycles. The Bertz CT molecular complexity index is 1210. The molecule has 2 aromatic carbocycles. The van der Waals surface area contributed by atoms with E-state index in [2.05, 4.69) is 50.9 Å². The highest BCUT2D eigenvalue weighted by Crippen LogP contribution is 2.27. The van der Waals surface area contributed by atoms with Crippen molar-refractivity contribution in [3.63, 3.8) is 0 Å². The fraction of sp³-hybridized carbons (Fsp3) is 0.250. The Balaban J connectivity index is 1.55. The number of carbonyl (C=O) groups excluding carboxylic acids is 1. The van der Waals surface area contributed by atoms with Crippen molar-refractivity contribution in [1.82, 2.24) is 24.8 Å². The van der Waals surface area contributed by atoms with Gasteiger partial charge in [0.1, 0.15) is 17.9 Å². The van der Waals surface area contributed by atoms with E-state index in [1.54, 1.807) is 12.4 Å². The molecule has 0 spiro atoms. The van der Waals surface area contributed by atoms with Crippen LogP contribution in [0.15, 0.2) is 60.9 Å². The maximum atomic E-state index is 11.3. The van der Waals surface area contributed by atoms with Gasteiger partial charge in [0.15, 0.2) is 0 Å². The number of piperidine rings is 1. The van der Waals surface area contributed by atoms with E-state index >= 15 is 0 Å². The molecule has 156 valence electrons. The topological polar surface area (TPSA) is 84.7 Å². The lowest BCUT2D eigenvalue weighted by molar-refractivity contribution is -0.107. The third-order valence-corrected chi connectivity index (χ3v) is 5.64. The molecule has 31 heavy (non-hydrogen) atoms. The van der Waals surface area contributed by atoms with Crippen LogP contribution in [-0.4, -0.2) is 44.9 Å². The highest BCUT2D eigenvalue weighted by atomic mass is 16.1. The molecule has 1 atom stereocenters. The zero-order valence-corrected chi connectivity index (χ0v) is 17.2. The van der Waals surface area contributed by atoms with Gasteiger partial charge in [-0.2, -0.15) is 4.98 Å². The van der Waals surface area contributed by atoms with Gasteiger partial charge in [-0.25, -0.2) is 9.97 Å². The second kappa shape index (κ2) is 8.65. The van der Waals surface area contributed by atoms with E-state index in [1.165, 1.54) is 5.39 Å². The number of fused-ring (bicyclic) bond motifs is 1. The number of anilines is 1. The number of rotatable bonds is 6. The van der Waals surface area contributed by atoms with Gasteiger partial charge in [-0.3, -0.25) is 4.57 Å². The SMILES string of the molecule is O=CCc1cnc(-c2ccc3ccccc3c2)n1-c1ccnc(N[C@H]2CCCNC2)n1. The van der Waals surface area contributed by atoms with Crippen molar-refractivity contribution >= 4 is 23.0 Å². The molecule has 1 fully saturated rings. The summed E-state index contributed by atoms with van der Waals surface area (Å²) < 4.78 is 1.95. The van der Waals surface area contributed by atoms with Gasteiger partial charge in [-0.15, -0.1) is 0 Å². The van der Waals surface area contributed by atoms with Gasteiger partial charge in [-0.1, -0.05) is 36.4 Å². The highest BCUT2D eigenvalue weighted by molar-refractivity contribution is 5.86. The van der Waals surface area contributed by atoms with Crippen LogP contribution in [0.3, 0.4) is 0 Å². The molecule has 1 aliphatic rings. The predicted molar refractivity (Wildman–Crippen MR) is 121 cm³/mol. The molecule has 0 amide bonds. The molecule has 1 aliphatic heterocycles. The Morgan fingerprint density at radius 2 is 2.03 bits per heavy atom. The van der Waals surface area contributed by atoms with E-state index in [0.717, 1.165) is 54.7 Å². The summed E-state index contributed by atoms with van der Waals surface area (Å²) in [5, 5.41) is 9.14. The van der Waals surface area contributed by atoms with Crippen molar-refractivity contribution in [1.29, 1.82) is 0 Å². The lowest BCUT2D eigenvalue weighted by atomic mass is 10.1. The average Bonchev–Trinajstić information content (AvgIpc) is 3.23. The summed E-state index contributed by atoms with van der Waals surface area (Å²) in [6.45, 7) is 1.95. The summed E-state index contributed by atoms with van der Waals surface area (Å²) in [4.78, 5) is 25.1. The Labute approximate surface area is 180 Å². The van der Waals surface area contributed by atoms with E-state index < -0.39 is 0 Å². The van der Waals surface area contributed by atoms with E-state index in [-0.39, 0.29) is 6.42 Å². The number of nitrogens with one attached hydrogen (secondary N) is 2. The first-order valence-electron chi connectivity index (χ1n) is 10.6. The number of aromatic nitrogens is 4. The molecule has 3 heterocycles. The lowest BCUT2D eigenvalue weighted by Gasteiger charge is -2.23. The van der Waals surface area contributed by atoms with Crippen molar-refractivity contribution in [2.45, 2.75) is 25.3 Å². The van der Waals surface area contributed by atoms with Gasteiger partial charge in [0, 0.05) is 37.0 Å². The first kappa shape index (κ1) is 19.4. The Kier molecular flexibility index (Phi) is 5.41. The van der Waals surface area contributed by atoms with Gasteiger partial charge in [0.05, 0.1) is 5.69 Å². The summed E-state index contributed by atoms with van der Waals surface area (Å²) in [5.41, 5.74) is 1.77. The van der Waals surface area contributed by atoms with Crippen molar-refractivity contribution in [2.75, 3.05) is 18.4 Å². The zero-order valence-electron chi connectivity index (χ0n) is 17.2. The Morgan fingerprint density at radius 1 is 1.13 bits per heavy atom. The minimum Gasteiger partial charge on any atom is -0.350 e. The molecule has 5 rings (SSSR count). The lowest BCUT2D eigenvalue weighted by Crippen LogP contribution is -2.38. The van der Waals surface area contributed by atoms with Crippen molar-refractivity contribution < 1.29 is 4.79 Å². The maximum Gasteiger partial charge on any atom is 0.224 e. The first-order chi connectivity index (χ1) is 15.3. The van der Waals surface area contributed by atoms with Gasteiger partial charge in [0.25, 0.3) is 0 Å². The monoisotopic (exact) mass is 412 g/mol. The van der Waals surface area contributed by atoms with E-state index in [0.29, 0.717) is 17.8 Å². The zero-order chi connectivity index (χ0) is 21.0. The van der Waals surface area contributed by atoms with Gasteiger partial charge in [0.2, 0.25) is 5.95 Å². The number of benzene rings is 2. The quantitative estimate of drug-likeness (QED) is 0.472. The molecule has 4 aromatic rings. The van der Waals surface area contributed by atoms with Crippen molar-refractivity contribution in [3.05, 3.63) is 66.6 Å². The third kappa shape index (κ3) is 4.04. The van der Waals surface area contributed by atoms with E-state index in [4.69, 9.17) is 4.98 Å². The van der Waals surface area contributed by atoms with Crippen molar-refractivity contribution in [3.8, 4) is 17.2 Å². The standard InChI is InChI=1S/C24H24N6O/c31-13-10-21-16-27-23(19-8-7-17-4-1-2-5-18(17)14-19)30(21)22-9-12-26-24(29-22)28-20-6-3-11-25-15-20/h1-2,4-5,7-9,12-14,16,20,25H,3,6,10-11,15H2,(H,26,28,29)/t20-/m0/s1. The molecule has 2 aromatic heterocycles. The number of hydrogen-bond donors (Lipinski definition) is 2. The minimum absolute atomic E-state index is 0.264. The second-order valence-electron chi connectivity index (χ2n) is 7.77. The van der Waals surface area contributed by atoms with E-state index in [1.807, 2.05) is 22.8 Å². The van der Waals surface area contributed by atoms with Crippen LogP contribution < -0.4 is 10.6 Å². The summed E-state index contributed by atoms with van der Waals surface area (Å²) in [5.74, 6) is 2.03. The predicted octanol–water partition coefficient (Wildman–Crippen LogP) is 3.39. The Hall–Kier alpha value is -3.58. The smallest absolute Gasteiger partial charge is 0.224 e. The molecule has 0 bridgehead atoms. The number of imidazole rings is 1. The van der Waals surface area contributed by atoms with Crippen LogP contribution in [0.5, 0.6) is 0 Å².